The molecule has 0 saturated heterocycles. The van der Waals surface area contributed by atoms with Gasteiger partial charge < -0.3 is 10.5 Å². The van der Waals surface area contributed by atoms with E-state index < -0.39 is 12.1 Å². The number of carbonyl (C=O) groups is 1. The predicted molar refractivity (Wildman–Crippen MR) is 58.9 cm³/mol. The van der Waals surface area contributed by atoms with Crippen LogP contribution in [0.1, 0.15) is 5.56 Å². The maximum atomic E-state index is 11.2. The zero-order valence-electron chi connectivity index (χ0n) is 8.77. The van der Waals surface area contributed by atoms with Crippen molar-refractivity contribution in [3.05, 3.63) is 35.9 Å². The summed E-state index contributed by atoms with van der Waals surface area (Å²) in [5.74, 6) is -0.439. The van der Waals surface area contributed by atoms with Gasteiger partial charge in [-0.2, -0.15) is 0 Å². The van der Waals surface area contributed by atoms with Gasteiger partial charge in [0.25, 0.3) is 0 Å². The van der Waals surface area contributed by atoms with E-state index in [1.165, 1.54) is 7.11 Å². The van der Waals surface area contributed by atoms with Gasteiger partial charge in [-0.25, -0.2) is 4.79 Å². The quantitative estimate of drug-likeness (QED) is 0.566. The largest absolute Gasteiger partial charge is 0.467 e. The fourth-order valence-electron chi connectivity index (χ4n) is 1.44. The number of ether oxygens (including phenoxy) is 1. The summed E-state index contributed by atoms with van der Waals surface area (Å²) in [6, 6.07) is 7.29. The van der Waals surface area contributed by atoms with Gasteiger partial charge in [-0.1, -0.05) is 12.1 Å². The molecule has 0 fully saturated rings. The van der Waals surface area contributed by atoms with Crippen LogP contribution in [-0.4, -0.2) is 19.2 Å². The second-order valence-electron chi connectivity index (χ2n) is 3.37. The molecule has 0 aliphatic carbocycles. The van der Waals surface area contributed by atoms with E-state index in [1.54, 1.807) is 18.2 Å². The maximum absolute atomic E-state index is 11.2. The molecule has 0 aromatic heterocycles. The number of carbonyl (C=O) groups excluding carboxylic acids is 1. The Labute approximate surface area is 92.8 Å². The lowest BCUT2D eigenvalue weighted by Crippen LogP contribution is -2.22. The number of nitrogens with two attached hydrogens (primary N) is 1. The second-order valence-corrected chi connectivity index (χ2v) is 3.37. The van der Waals surface area contributed by atoms with Crippen molar-refractivity contribution in [1.82, 2.24) is 5.48 Å². The minimum atomic E-state index is -0.707. The summed E-state index contributed by atoms with van der Waals surface area (Å²) in [5.41, 5.74) is 10.6. The van der Waals surface area contributed by atoms with E-state index in [0.29, 0.717) is 11.4 Å². The Bertz CT molecular complexity index is 443. The van der Waals surface area contributed by atoms with Crippen molar-refractivity contribution >= 4 is 17.4 Å². The zero-order chi connectivity index (χ0) is 11.5. The number of esters is 1. The van der Waals surface area contributed by atoms with Crippen molar-refractivity contribution < 1.29 is 14.4 Å². The average Bonchev–Trinajstić information content (AvgIpc) is 2.77. The Morgan fingerprint density at radius 1 is 1.56 bits per heavy atom. The molecule has 2 rings (SSSR count). The number of hydrogen-bond donors (Lipinski definition) is 2. The number of rotatable bonds is 2. The Balaban J connectivity index is 2.21. The zero-order valence-corrected chi connectivity index (χ0v) is 8.77. The van der Waals surface area contributed by atoms with Crippen LogP contribution in [0.3, 0.4) is 0 Å². The molecule has 5 heteroatoms. The SMILES string of the molecule is COC(=O)C1C=C(c2cccc(N)c2)NO1. The first-order valence-electron chi connectivity index (χ1n) is 4.78. The molecule has 0 saturated carbocycles. The first kappa shape index (κ1) is 10.5. The molecular formula is C11H12N2O3. The summed E-state index contributed by atoms with van der Waals surface area (Å²) < 4.78 is 4.57. The fraction of sp³-hybridized carbons (Fsp3) is 0.182. The molecular weight excluding hydrogens is 208 g/mol. The topological polar surface area (TPSA) is 73.6 Å². The summed E-state index contributed by atoms with van der Waals surface area (Å²) in [6.45, 7) is 0. The Morgan fingerprint density at radius 3 is 3.06 bits per heavy atom. The molecule has 1 aliphatic rings. The Hall–Kier alpha value is -2.01. The van der Waals surface area contributed by atoms with E-state index in [-0.39, 0.29) is 0 Å². The number of hydroxylamine groups is 1. The molecule has 1 aliphatic heterocycles. The van der Waals surface area contributed by atoms with Crippen molar-refractivity contribution in [3.8, 4) is 0 Å². The molecule has 0 bridgehead atoms. The monoisotopic (exact) mass is 220 g/mol. The predicted octanol–water partition coefficient (Wildman–Crippen LogP) is 0.686. The van der Waals surface area contributed by atoms with Gasteiger partial charge in [0.05, 0.1) is 12.8 Å². The van der Waals surface area contributed by atoms with Gasteiger partial charge in [0.1, 0.15) is 0 Å². The molecule has 1 aromatic carbocycles. The highest BCUT2D eigenvalue weighted by molar-refractivity contribution is 5.81. The average molecular weight is 220 g/mol. The molecule has 16 heavy (non-hydrogen) atoms. The normalized spacial score (nSPS) is 18.8. The maximum Gasteiger partial charge on any atom is 0.341 e. The summed E-state index contributed by atoms with van der Waals surface area (Å²) >= 11 is 0. The van der Waals surface area contributed by atoms with Crippen LogP contribution in [0.25, 0.3) is 5.70 Å². The molecule has 0 spiro atoms. The van der Waals surface area contributed by atoms with Crippen LogP contribution in [0.2, 0.25) is 0 Å². The summed E-state index contributed by atoms with van der Waals surface area (Å²) in [7, 11) is 1.32. The lowest BCUT2D eigenvalue weighted by atomic mass is 10.1. The molecule has 1 aromatic rings. The van der Waals surface area contributed by atoms with Gasteiger partial charge in [0.2, 0.25) is 6.10 Å². The molecule has 1 atom stereocenters. The third-order valence-electron chi connectivity index (χ3n) is 2.25. The van der Waals surface area contributed by atoms with Gasteiger partial charge in [0.15, 0.2) is 0 Å². The van der Waals surface area contributed by atoms with E-state index in [4.69, 9.17) is 10.6 Å². The number of hydrogen-bond acceptors (Lipinski definition) is 5. The van der Waals surface area contributed by atoms with E-state index >= 15 is 0 Å². The third kappa shape index (κ3) is 1.99. The van der Waals surface area contributed by atoms with Gasteiger partial charge in [-0.05, 0) is 18.2 Å². The second kappa shape index (κ2) is 4.24. The smallest absolute Gasteiger partial charge is 0.341 e. The molecule has 0 amide bonds. The van der Waals surface area contributed by atoms with E-state index in [0.717, 1.165) is 5.56 Å². The first-order valence-corrected chi connectivity index (χ1v) is 4.78. The van der Waals surface area contributed by atoms with Gasteiger partial charge >= 0.3 is 5.97 Å². The number of anilines is 1. The Morgan fingerprint density at radius 2 is 2.38 bits per heavy atom. The van der Waals surface area contributed by atoms with Crippen LogP contribution in [-0.2, 0) is 14.4 Å². The van der Waals surface area contributed by atoms with Gasteiger partial charge in [0, 0.05) is 11.3 Å². The highest BCUT2D eigenvalue weighted by Gasteiger charge is 2.25. The molecule has 3 N–H and O–H groups in total. The van der Waals surface area contributed by atoms with Crippen molar-refractivity contribution in [3.63, 3.8) is 0 Å². The van der Waals surface area contributed by atoms with Crippen molar-refractivity contribution in [2.45, 2.75) is 6.10 Å². The lowest BCUT2D eigenvalue weighted by molar-refractivity contribution is -0.152. The molecule has 0 radical (unpaired) electrons. The van der Waals surface area contributed by atoms with Crippen LogP contribution in [0.4, 0.5) is 5.69 Å². The third-order valence-corrected chi connectivity index (χ3v) is 2.25. The van der Waals surface area contributed by atoms with Crippen LogP contribution in [0.15, 0.2) is 30.3 Å². The first-order chi connectivity index (χ1) is 7.70. The molecule has 84 valence electrons. The van der Waals surface area contributed by atoms with Crippen molar-refractivity contribution in [1.29, 1.82) is 0 Å². The molecule has 1 unspecified atom stereocenters. The minimum Gasteiger partial charge on any atom is -0.467 e. The highest BCUT2D eigenvalue weighted by Crippen LogP contribution is 2.20. The van der Waals surface area contributed by atoms with Gasteiger partial charge in [-0.15, -0.1) is 0 Å². The summed E-state index contributed by atoms with van der Waals surface area (Å²) in [4.78, 5) is 16.3. The van der Waals surface area contributed by atoms with Crippen molar-refractivity contribution in [2.75, 3.05) is 12.8 Å². The van der Waals surface area contributed by atoms with E-state index in [1.807, 2.05) is 12.1 Å². The standard InChI is InChI=1S/C11H12N2O3/c1-15-11(14)10-6-9(13-16-10)7-3-2-4-8(12)5-7/h2-6,10,13H,12H2,1H3. The Kier molecular flexibility index (Phi) is 2.78. The van der Waals surface area contributed by atoms with E-state index in [9.17, 15) is 4.79 Å². The molecule has 5 nitrogen and oxygen atoms in total. The number of nitrogen functional groups attached to an aromatic ring is 1. The lowest BCUT2D eigenvalue weighted by Gasteiger charge is -2.04. The van der Waals surface area contributed by atoms with Crippen LogP contribution in [0, 0.1) is 0 Å². The van der Waals surface area contributed by atoms with Crippen LogP contribution >= 0.6 is 0 Å². The number of benzene rings is 1. The van der Waals surface area contributed by atoms with Gasteiger partial charge in [-0.3, -0.25) is 10.3 Å². The summed E-state index contributed by atoms with van der Waals surface area (Å²) in [5, 5.41) is 0. The summed E-state index contributed by atoms with van der Waals surface area (Å²) in [6.07, 6.45) is 0.946. The molecule has 1 heterocycles. The van der Waals surface area contributed by atoms with E-state index in [2.05, 4.69) is 10.2 Å². The fourth-order valence-corrected chi connectivity index (χ4v) is 1.44. The number of methoxy groups -OCH3 is 1. The van der Waals surface area contributed by atoms with Crippen LogP contribution in [0.5, 0.6) is 0 Å². The highest BCUT2D eigenvalue weighted by atomic mass is 16.7. The minimum absolute atomic E-state index is 0.439. The van der Waals surface area contributed by atoms with Crippen LogP contribution < -0.4 is 11.2 Å². The number of nitrogens with one attached hydrogen (secondary N) is 1. The van der Waals surface area contributed by atoms with Crippen molar-refractivity contribution in [2.24, 2.45) is 0 Å².